The first-order valence-corrected chi connectivity index (χ1v) is 16.0. The number of nitrogens with zero attached hydrogens (tertiary/aromatic N) is 1. The Labute approximate surface area is 275 Å². The first-order chi connectivity index (χ1) is 22.6. The van der Waals surface area contributed by atoms with Gasteiger partial charge in [0.15, 0.2) is 11.5 Å². The second-order valence-corrected chi connectivity index (χ2v) is 11.8. The fraction of sp³-hybridized carbons (Fsp3) is 0.529. The molecular weight excluding hydrogens is 646 g/mol. The molecule has 2 aromatic carbocycles. The fourth-order valence-electron chi connectivity index (χ4n) is 5.87. The van der Waals surface area contributed by atoms with Crippen LogP contribution < -0.4 is 19.5 Å². The van der Waals surface area contributed by atoms with Crippen LogP contribution in [0.5, 0.6) is 17.2 Å². The highest BCUT2D eigenvalue weighted by atomic mass is 19.4. The van der Waals surface area contributed by atoms with E-state index < -0.39 is 41.0 Å². The van der Waals surface area contributed by atoms with Crippen LogP contribution in [0.25, 0.3) is 6.08 Å². The van der Waals surface area contributed by atoms with Gasteiger partial charge in [-0.1, -0.05) is 51.8 Å². The Morgan fingerprint density at radius 1 is 0.958 bits per heavy atom. The van der Waals surface area contributed by atoms with Gasteiger partial charge in [-0.2, -0.15) is 26.3 Å². The number of aryl methyl sites for hydroxylation is 1. The van der Waals surface area contributed by atoms with Crippen molar-refractivity contribution < 1.29 is 55.2 Å². The second-order valence-electron chi connectivity index (χ2n) is 11.8. The minimum Gasteiger partial charge on any atom is -0.493 e. The molecule has 4 rings (SSSR count). The number of benzene rings is 2. The Bertz CT molecular complexity index is 1490. The monoisotopic (exact) mass is 686 g/mol. The minimum atomic E-state index is -6.03. The highest BCUT2D eigenvalue weighted by Gasteiger charge is 2.71. The molecule has 2 aliphatic heterocycles. The van der Waals surface area contributed by atoms with Gasteiger partial charge in [0.1, 0.15) is 24.5 Å². The molecule has 8 nitrogen and oxygen atoms in total. The Morgan fingerprint density at radius 2 is 1.65 bits per heavy atom. The number of halogens is 6. The third-order valence-electron chi connectivity index (χ3n) is 8.47. The quantitative estimate of drug-likeness (QED) is 0.121. The zero-order valence-electron chi connectivity index (χ0n) is 27.0. The predicted octanol–water partition coefficient (Wildman–Crippen LogP) is 7.55. The van der Waals surface area contributed by atoms with Crippen LogP contribution in [0.3, 0.4) is 0 Å². The number of nitrogens with one attached hydrogen (secondary N) is 1. The van der Waals surface area contributed by atoms with E-state index in [4.69, 9.17) is 14.2 Å². The number of unbranched alkanes of at least 4 members (excludes halogenated alkanes) is 2. The van der Waals surface area contributed by atoms with Gasteiger partial charge in [0.2, 0.25) is 0 Å². The number of rotatable bonds is 14. The van der Waals surface area contributed by atoms with Gasteiger partial charge in [-0.3, -0.25) is 9.69 Å². The summed E-state index contributed by atoms with van der Waals surface area (Å²) in [7, 11) is 0. The summed E-state index contributed by atoms with van der Waals surface area (Å²) in [6, 6.07) is 5.89. The van der Waals surface area contributed by atoms with Crippen LogP contribution in [-0.2, 0) is 22.4 Å². The lowest BCUT2D eigenvalue weighted by molar-refractivity contribution is -0.376. The number of carbonyl (C=O) groups excluding carboxylic acids is 2. The van der Waals surface area contributed by atoms with Crippen molar-refractivity contribution in [2.24, 2.45) is 0 Å². The summed E-state index contributed by atoms with van der Waals surface area (Å²) in [4.78, 5) is 27.7. The van der Waals surface area contributed by atoms with E-state index in [1.54, 1.807) is 38.1 Å². The molecule has 1 saturated heterocycles. The largest absolute Gasteiger partial charge is 0.493 e. The average Bonchev–Trinajstić information content (AvgIpc) is 3.29. The number of allylic oxidation sites excluding steroid dienone is 1. The van der Waals surface area contributed by atoms with Crippen LogP contribution in [0.2, 0.25) is 0 Å². The fourth-order valence-corrected chi connectivity index (χ4v) is 5.87. The van der Waals surface area contributed by atoms with Gasteiger partial charge in [0, 0.05) is 17.7 Å². The number of urea groups is 1. The van der Waals surface area contributed by atoms with E-state index in [1.807, 2.05) is 6.92 Å². The third kappa shape index (κ3) is 7.08. The molecule has 48 heavy (non-hydrogen) atoms. The number of hydrogen-bond donors (Lipinski definition) is 2. The summed E-state index contributed by atoms with van der Waals surface area (Å²) in [5.41, 5.74) is -7.11. The van der Waals surface area contributed by atoms with Gasteiger partial charge in [-0.05, 0) is 67.5 Å². The predicted molar refractivity (Wildman–Crippen MR) is 165 cm³/mol. The van der Waals surface area contributed by atoms with Crippen molar-refractivity contribution in [1.29, 1.82) is 0 Å². The van der Waals surface area contributed by atoms with Crippen LogP contribution in [0.1, 0.15) is 81.5 Å². The number of imide groups is 1. The highest BCUT2D eigenvalue weighted by Crippen LogP contribution is 2.51. The van der Waals surface area contributed by atoms with E-state index in [1.165, 1.54) is 6.08 Å². The van der Waals surface area contributed by atoms with E-state index in [0.29, 0.717) is 74.5 Å². The van der Waals surface area contributed by atoms with Gasteiger partial charge in [0.05, 0.1) is 6.61 Å². The van der Waals surface area contributed by atoms with Gasteiger partial charge in [0.25, 0.3) is 11.5 Å². The number of aliphatic hydroxyl groups is 1. The molecular formula is C34H40F6N2O6. The van der Waals surface area contributed by atoms with E-state index in [2.05, 4.69) is 5.32 Å². The van der Waals surface area contributed by atoms with Crippen molar-refractivity contribution in [3.63, 3.8) is 0 Å². The first kappa shape index (κ1) is 36.9. The lowest BCUT2D eigenvalue weighted by Crippen LogP contribution is -2.54. The summed E-state index contributed by atoms with van der Waals surface area (Å²) in [6.07, 6.45) is -6.51. The number of carbonyl (C=O) groups is 2. The van der Waals surface area contributed by atoms with E-state index in [-0.39, 0.29) is 42.9 Å². The maximum atomic E-state index is 13.8. The standard InChI is InChI=1S/C34H40F6N2O6/c1-4-7-8-12-23-20-25(32(45,33(35,36)37)34(38,39)40)19-22(11-5-2)28(23)48-16-10-9-15-42-29(43)31(6-3,41-30(42)44)24-13-14-26-27(21-24)47-18-17-46-26/h8,12-14,19-21,45H,4-7,9-11,15-18H2,1-3H3,(H,41,44)/b12-8+. The van der Waals surface area contributed by atoms with Crippen molar-refractivity contribution in [2.75, 3.05) is 26.4 Å². The van der Waals surface area contributed by atoms with Crippen LogP contribution in [0.4, 0.5) is 31.1 Å². The van der Waals surface area contributed by atoms with Gasteiger partial charge in [-0.25, -0.2) is 4.79 Å². The summed E-state index contributed by atoms with van der Waals surface area (Å²) >= 11 is 0. The maximum absolute atomic E-state index is 13.8. The molecule has 1 atom stereocenters. The normalized spacial score (nSPS) is 18.5. The van der Waals surface area contributed by atoms with E-state index in [0.717, 1.165) is 4.90 Å². The molecule has 2 aromatic rings. The van der Waals surface area contributed by atoms with Gasteiger partial charge < -0.3 is 24.6 Å². The molecule has 0 aromatic heterocycles. The Morgan fingerprint density at radius 3 is 2.27 bits per heavy atom. The molecule has 3 amide bonds. The maximum Gasteiger partial charge on any atom is 0.430 e. The van der Waals surface area contributed by atoms with Crippen molar-refractivity contribution in [1.82, 2.24) is 10.2 Å². The molecule has 2 aliphatic rings. The van der Waals surface area contributed by atoms with Crippen LogP contribution >= 0.6 is 0 Å². The molecule has 0 radical (unpaired) electrons. The van der Waals surface area contributed by atoms with Crippen LogP contribution in [0, 0.1) is 0 Å². The van der Waals surface area contributed by atoms with Gasteiger partial charge >= 0.3 is 18.4 Å². The summed E-state index contributed by atoms with van der Waals surface area (Å²) in [5, 5.41) is 12.9. The molecule has 1 unspecified atom stereocenters. The second kappa shape index (κ2) is 14.7. The molecule has 2 heterocycles. The lowest BCUT2D eigenvalue weighted by Gasteiger charge is -2.33. The molecule has 0 spiro atoms. The van der Waals surface area contributed by atoms with Crippen LogP contribution in [0.15, 0.2) is 36.4 Å². The van der Waals surface area contributed by atoms with Crippen molar-refractivity contribution in [3.05, 3.63) is 58.7 Å². The zero-order valence-corrected chi connectivity index (χ0v) is 27.0. The number of hydrogen-bond acceptors (Lipinski definition) is 6. The SMILES string of the molecule is CCC/C=C/c1cc(C(O)(C(F)(F)F)C(F)(F)F)cc(CCC)c1OCCCCN1C(=O)NC(CC)(c2ccc3c(c2)OCCO3)C1=O. The Hall–Kier alpha value is -3.94. The molecule has 264 valence electrons. The third-order valence-corrected chi connectivity index (χ3v) is 8.47. The molecule has 14 heteroatoms. The Balaban J connectivity index is 1.51. The van der Waals surface area contributed by atoms with Crippen molar-refractivity contribution in [3.8, 4) is 17.2 Å². The molecule has 0 aliphatic carbocycles. The molecule has 1 fully saturated rings. The summed E-state index contributed by atoms with van der Waals surface area (Å²) < 4.78 is 99.7. The van der Waals surface area contributed by atoms with E-state index >= 15 is 0 Å². The number of fused-ring (bicyclic) bond motifs is 1. The van der Waals surface area contributed by atoms with E-state index in [9.17, 15) is 41.0 Å². The first-order valence-electron chi connectivity index (χ1n) is 16.0. The highest BCUT2D eigenvalue weighted by molar-refractivity contribution is 6.07. The minimum absolute atomic E-state index is 0.00177. The number of alkyl halides is 6. The molecule has 0 saturated carbocycles. The molecule has 0 bridgehead atoms. The van der Waals surface area contributed by atoms with Crippen molar-refractivity contribution in [2.45, 2.75) is 89.2 Å². The number of ether oxygens (including phenoxy) is 3. The molecule has 2 N–H and O–H groups in total. The average molecular weight is 687 g/mol. The summed E-state index contributed by atoms with van der Waals surface area (Å²) in [5.74, 6) is 0.698. The van der Waals surface area contributed by atoms with Gasteiger partial charge in [-0.15, -0.1) is 0 Å². The zero-order chi connectivity index (χ0) is 35.3. The topological polar surface area (TPSA) is 97.3 Å². The van der Waals surface area contributed by atoms with Crippen LogP contribution in [-0.4, -0.2) is 60.7 Å². The summed E-state index contributed by atoms with van der Waals surface area (Å²) in [6.45, 7) is 6.16. The van der Waals surface area contributed by atoms with Crippen molar-refractivity contribution >= 4 is 18.0 Å². The number of amides is 3. The Kier molecular flexibility index (Phi) is 11.3. The lowest BCUT2D eigenvalue weighted by atomic mass is 9.87. The smallest absolute Gasteiger partial charge is 0.430 e.